The van der Waals surface area contributed by atoms with E-state index in [0.29, 0.717) is 6.04 Å². The Kier molecular flexibility index (Phi) is 2.82. The number of anilines is 2. The summed E-state index contributed by atoms with van der Waals surface area (Å²) in [5.41, 5.74) is 8.97. The molecule has 1 aromatic carbocycles. The maximum absolute atomic E-state index is 6.01. The number of rotatable bonds is 1. The van der Waals surface area contributed by atoms with Crippen LogP contribution in [0.5, 0.6) is 0 Å². The maximum Gasteiger partial charge on any atom is 0.0951 e. The van der Waals surface area contributed by atoms with Crippen LogP contribution in [-0.2, 0) is 0 Å². The van der Waals surface area contributed by atoms with Crippen molar-refractivity contribution in [2.45, 2.75) is 32.2 Å². The Morgan fingerprint density at radius 2 is 2.17 bits per heavy atom. The molecule has 2 N–H and O–H groups in total. The molecular weight excluding hydrogens is 222 g/mol. The molecule has 1 unspecified atom stereocenters. The summed E-state index contributed by atoms with van der Waals surface area (Å²) in [5, 5.41) is 1.17. The van der Waals surface area contributed by atoms with Crippen molar-refractivity contribution in [2.75, 3.05) is 17.2 Å². The molecule has 1 fully saturated rings. The summed E-state index contributed by atoms with van der Waals surface area (Å²) < 4.78 is 0. The zero-order valence-corrected chi connectivity index (χ0v) is 10.8. The van der Waals surface area contributed by atoms with Crippen LogP contribution in [0.4, 0.5) is 11.4 Å². The van der Waals surface area contributed by atoms with E-state index in [-0.39, 0.29) is 0 Å². The van der Waals surface area contributed by atoms with Gasteiger partial charge in [-0.2, -0.15) is 0 Å². The highest BCUT2D eigenvalue weighted by molar-refractivity contribution is 5.98. The van der Waals surface area contributed by atoms with Crippen molar-refractivity contribution in [3.63, 3.8) is 0 Å². The SMILES string of the molecule is CC1CCCCN1c1ccc(N)c2ncccc12. The fraction of sp³-hybridized carbons (Fsp3) is 0.400. The van der Waals surface area contributed by atoms with E-state index >= 15 is 0 Å². The number of hydrogen-bond donors (Lipinski definition) is 1. The molecule has 0 aliphatic carbocycles. The Morgan fingerprint density at radius 3 is 3.00 bits per heavy atom. The lowest BCUT2D eigenvalue weighted by Gasteiger charge is -2.36. The molecule has 0 spiro atoms. The van der Waals surface area contributed by atoms with Crippen LogP contribution < -0.4 is 10.6 Å². The van der Waals surface area contributed by atoms with Crippen LogP contribution in [0.15, 0.2) is 30.5 Å². The fourth-order valence-corrected chi connectivity index (χ4v) is 2.89. The largest absolute Gasteiger partial charge is 0.397 e. The zero-order valence-electron chi connectivity index (χ0n) is 10.8. The normalized spacial score (nSPS) is 20.3. The molecule has 1 saturated heterocycles. The lowest BCUT2D eigenvalue weighted by Crippen LogP contribution is -2.37. The standard InChI is InChI=1S/C15H19N3/c1-11-5-2-3-10-18(11)14-8-7-13(16)15-12(14)6-4-9-17-15/h4,6-9,11H,2-3,5,10,16H2,1H3. The van der Waals surface area contributed by atoms with Gasteiger partial charge in [0.2, 0.25) is 0 Å². The fourth-order valence-electron chi connectivity index (χ4n) is 2.89. The third kappa shape index (κ3) is 1.80. The highest BCUT2D eigenvalue weighted by Crippen LogP contribution is 2.33. The van der Waals surface area contributed by atoms with Crippen LogP contribution in [0.1, 0.15) is 26.2 Å². The Balaban J connectivity index is 2.14. The summed E-state index contributed by atoms with van der Waals surface area (Å²) in [7, 11) is 0. The van der Waals surface area contributed by atoms with Crippen molar-refractivity contribution >= 4 is 22.3 Å². The molecule has 1 aromatic heterocycles. The van der Waals surface area contributed by atoms with E-state index in [9.17, 15) is 0 Å². The number of pyridine rings is 1. The first-order chi connectivity index (χ1) is 8.77. The molecule has 1 atom stereocenters. The molecule has 3 rings (SSSR count). The molecule has 0 bridgehead atoms. The molecule has 2 aromatic rings. The minimum Gasteiger partial charge on any atom is -0.397 e. The molecule has 3 nitrogen and oxygen atoms in total. The van der Waals surface area contributed by atoms with Gasteiger partial charge >= 0.3 is 0 Å². The second-order valence-electron chi connectivity index (χ2n) is 5.11. The quantitative estimate of drug-likeness (QED) is 0.780. The van der Waals surface area contributed by atoms with Gasteiger partial charge in [-0.1, -0.05) is 0 Å². The van der Waals surface area contributed by atoms with E-state index in [1.165, 1.54) is 30.3 Å². The number of nitrogens with two attached hydrogens (primary N) is 1. The minimum absolute atomic E-state index is 0.603. The number of aromatic nitrogens is 1. The van der Waals surface area contributed by atoms with Crippen molar-refractivity contribution in [2.24, 2.45) is 0 Å². The Labute approximate surface area is 108 Å². The van der Waals surface area contributed by atoms with Crippen LogP contribution in [0, 0.1) is 0 Å². The van der Waals surface area contributed by atoms with Crippen molar-refractivity contribution in [1.29, 1.82) is 0 Å². The van der Waals surface area contributed by atoms with Gasteiger partial charge in [-0.05, 0) is 50.5 Å². The van der Waals surface area contributed by atoms with Crippen LogP contribution in [-0.4, -0.2) is 17.6 Å². The first-order valence-electron chi connectivity index (χ1n) is 6.67. The van der Waals surface area contributed by atoms with Gasteiger partial charge in [-0.25, -0.2) is 0 Å². The van der Waals surface area contributed by atoms with E-state index in [1.54, 1.807) is 0 Å². The van der Waals surface area contributed by atoms with Gasteiger partial charge in [-0.3, -0.25) is 4.98 Å². The molecule has 1 aliphatic heterocycles. The first-order valence-corrected chi connectivity index (χ1v) is 6.67. The van der Waals surface area contributed by atoms with Gasteiger partial charge < -0.3 is 10.6 Å². The predicted molar refractivity (Wildman–Crippen MR) is 76.8 cm³/mol. The van der Waals surface area contributed by atoms with Gasteiger partial charge in [0.25, 0.3) is 0 Å². The Bertz CT molecular complexity index is 565. The first kappa shape index (κ1) is 11.3. The van der Waals surface area contributed by atoms with Crippen molar-refractivity contribution in [3.05, 3.63) is 30.5 Å². The van der Waals surface area contributed by atoms with Crippen LogP contribution in [0.25, 0.3) is 10.9 Å². The molecule has 3 heteroatoms. The van der Waals surface area contributed by atoms with Crippen LogP contribution in [0.3, 0.4) is 0 Å². The Hall–Kier alpha value is -1.77. The summed E-state index contributed by atoms with van der Waals surface area (Å²) in [4.78, 5) is 6.90. The highest BCUT2D eigenvalue weighted by atomic mass is 15.2. The summed E-state index contributed by atoms with van der Waals surface area (Å²) in [6, 6.07) is 8.83. The van der Waals surface area contributed by atoms with E-state index in [1.807, 2.05) is 18.3 Å². The second kappa shape index (κ2) is 4.48. The zero-order chi connectivity index (χ0) is 12.5. The van der Waals surface area contributed by atoms with Gasteiger partial charge in [0, 0.05) is 29.9 Å². The number of nitrogens with zero attached hydrogens (tertiary/aromatic N) is 2. The summed E-state index contributed by atoms with van der Waals surface area (Å²) in [6.45, 7) is 3.44. The van der Waals surface area contributed by atoms with E-state index in [4.69, 9.17) is 5.73 Å². The molecule has 0 saturated carbocycles. The molecular formula is C15H19N3. The molecule has 1 aliphatic rings. The van der Waals surface area contributed by atoms with E-state index in [0.717, 1.165) is 17.7 Å². The molecule has 0 amide bonds. The predicted octanol–water partition coefficient (Wildman–Crippen LogP) is 3.20. The molecule has 94 valence electrons. The van der Waals surface area contributed by atoms with E-state index in [2.05, 4.69) is 28.9 Å². The highest BCUT2D eigenvalue weighted by Gasteiger charge is 2.20. The topological polar surface area (TPSA) is 42.1 Å². The number of fused-ring (bicyclic) bond motifs is 1. The number of benzene rings is 1. The molecule has 2 heterocycles. The molecule has 18 heavy (non-hydrogen) atoms. The number of nitrogen functional groups attached to an aromatic ring is 1. The monoisotopic (exact) mass is 241 g/mol. The van der Waals surface area contributed by atoms with Gasteiger partial charge in [0.15, 0.2) is 0 Å². The summed E-state index contributed by atoms with van der Waals surface area (Å²) in [6.07, 6.45) is 5.69. The average molecular weight is 241 g/mol. The third-order valence-electron chi connectivity index (χ3n) is 3.89. The lowest BCUT2D eigenvalue weighted by molar-refractivity contribution is 0.486. The lowest BCUT2D eigenvalue weighted by atomic mass is 10.0. The van der Waals surface area contributed by atoms with Crippen molar-refractivity contribution in [1.82, 2.24) is 4.98 Å². The van der Waals surface area contributed by atoms with Crippen molar-refractivity contribution in [3.8, 4) is 0 Å². The van der Waals surface area contributed by atoms with Crippen molar-refractivity contribution < 1.29 is 0 Å². The van der Waals surface area contributed by atoms with Gasteiger partial charge in [-0.15, -0.1) is 0 Å². The maximum atomic E-state index is 6.01. The summed E-state index contributed by atoms with van der Waals surface area (Å²) in [5.74, 6) is 0. The van der Waals surface area contributed by atoms with E-state index < -0.39 is 0 Å². The second-order valence-corrected chi connectivity index (χ2v) is 5.11. The summed E-state index contributed by atoms with van der Waals surface area (Å²) >= 11 is 0. The smallest absolute Gasteiger partial charge is 0.0951 e. The number of piperidine rings is 1. The number of hydrogen-bond acceptors (Lipinski definition) is 3. The van der Waals surface area contributed by atoms with Crippen LogP contribution in [0.2, 0.25) is 0 Å². The minimum atomic E-state index is 0.603. The van der Waals surface area contributed by atoms with Gasteiger partial charge in [0.1, 0.15) is 0 Å². The third-order valence-corrected chi connectivity index (χ3v) is 3.89. The average Bonchev–Trinajstić information content (AvgIpc) is 2.41. The molecule has 0 radical (unpaired) electrons. The van der Waals surface area contributed by atoms with Gasteiger partial charge in [0.05, 0.1) is 11.2 Å². The Morgan fingerprint density at radius 1 is 1.28 bits per heavy atom. The van der Waals surface area contributed by atoms with Crippen LogP contribution >= 0.6 is 0 Å².